The Morgan fingerprint density at radius 2 is 1.00 bits per heavy atom. The minimum Gasteiger partial charge on any atom is -0.460 e. The minimum atomic E-state index is 0.730. The van der Waals surface area contributed by atoms with Gasteiger partial charge in [0, 0.05) is 10.8 Å². The summed E-state index contributed by atoms with van der Waals surface area (Å²) in [5.74, 6) is 0. The quantitative estimate of drug-likeness (QED) is 0.552. The smallest absolute Gasteiger partial charge is 0.169 e. The van der Waals surface area contributed by atoms with Crippen LogP contribution in [-0.2, 0) is 0 Å². The van der Waals surface area contributed by atoms with Crippen LogP contribution in [0.25, 0.3) is 21.9 Å². The third-order valence-corrected chi connectivity index (χ3v) is 2.47. The molecule has 2 heteroatoms. The summed E-state index contributed by atoms with van der Waals surface area (Å²) < 4.78 is 11.2. The first-order valence-electron chi connectivity index (χ1n) is 5.11. The highest BCUT2D eigenvalue weighted by molar-refractivity contribution is 5.80. The first-order chi connectivity index (χ1) is 7.93. The van der Waals surface area contributed by atoms with Crippen LogP contribution in [0.3, 0.4) is 0 Å². The number of fused-ring (bicyclic) bond motifs is 2. The summed E-state index contributed by atoms with van der Waals surface area (Å²) in [5.41, 5.74) is 1.46. The summed E-state index contributed by atoms with van der Waals surface area (Å²) in [4.78, 5) is 0. The predicted molar refractivity (Wildman–Crippen MR) is 63.6 cm³/mol. The number of hydrogen-bond acceptors (Lipinski definition) is 2. The summed E-state index contributed by atoms with van der Waals surface area (Å²) in [6.07, 6.45) is 3.49. The van der Waals surface area contributed by atoms with Crippen molar-refractivity contribution in [1.29, 1.82) is 0 Å². The molecule has 0 amide bonds. The maximum Gasteiger partial charge on any atom is 0.169 e. The molecule has 0 aliphatic carbocycles. The molecular weight excluding hydrogens is 200 g/mol. The molecule has 78 valence electrons. The average Bonchev–Trinajstić information content (AvgIpc) is 2.32. The van der Waals surface area contributed by atoms with Crippen molar-refractivity contribution in [2.45, 2.75) is 0 Å². The molecule has 2 aromatic carbocycles. The predicted octanol–water partition coefficient (Wildman–Crippen LogP) is 4.30. The third-order valence-electron chi connectivity index (χ3n) is 2.47. The molecule has 0 spiro atoms. The van der Waals surface area contributed by atoms with E-state index >= 15 is 0 Å². The fraction of sp³-hybridized carbons (Fsp3) is 0. The molecule has 3 aromatic rings. The van der Waals surface area contributed by atoms with Crippen LogP contribution in [0.2, 0.25) is 0 Å². The summed E-state index contributed by atoms with van der Waals surface area (Å²) in [5, 5.41) is 2.02. The molecule has 0 saturated heterocycles. The largest absolute Gasteiger partial charge is 0.460 e. The van der Waals surface area contributed by atoms with Gasteiger partial charge in [-0.1, -0.05) is 36.4 Å². The van der Waals surface area contributed by atoms with Gasteiger partial charge in [0.2, 0.25) is 0 Å². The fourth-order valence-corrected chi connectivity index (χ4v) is 1.62. The molecule has 0 unspecified atom stereocenters. The lowest BCUT2D eigenvalue weighted by atomic mass is 10.2. The van der Waals surface area contributed by atoms with E-state index in [1.807, 2.05) is 48.5 Å². The second-order valence-electron chi connectivity index (χ2n) is 3.55. The van der Waals surface area contributed by atoms with E-state index in [-0.39, 0.29) is 0 Å². The summed E-state index contributed by atoms with van der Waals surface area (Å²) >= 11 is 0. The molecule has 1 heterocycles. The molecule has 0 atom stereocenters. The third kappa shape index (κ3) is 1.54. The van der Waals surface area contributed by atoms with Crippen molar-refractivity contribution in [3.05, 3.63) is 61.1 Å². The van der Waals surface area contributed by atoms with Gasteiger partial charge in [-0.15, -0.1) is 0 Å². The zero-order chi connectivity index (χ0) is 10.8. The van der Waals surface area contributed by atoms with Crippen LogP contribution in [-0.4, -0.2) is 0 Å². The number of para-hydroxylation sites is 2. The molecular formula is C14H10O2. The minimum absolute atomic E-state index is 0.730. The van der Waals surface area contributed by atoms with Gasteiger partial charge in [0.05, 0.1) is 12.5 Å². The lowest BCUT2D eigenvalue weighted by molar-refractivity contribution is 0.569. The van der Waals surface area contributed by atoms with Gasteiger partial charge in [-0.05, 0) is 12.1 Å². The van der Waals surface area contributed by atoms with E-state index in [2.05, 4.69) is 0 Å². The van der Waals surface area contributed by atoms with Gasteiger partial charge in [-0.3, -0.25) is 0 Å². The molecule has 2 nitrogen and oxygen atoms in total. The Morgan fingerprint density at radius 3 is 1.50 bits per heavy atom. The average molecular weight is 210 g/mol. The van der Waals surface area contributed by atoms with E-state index in [1.54, 1.807) is 12.5 Å². The maximum atomic E-state index is 5.58. The Balaban J connectivity index is 2.45. The lowest BCUT2D eigenvalue weighted by Gasteiger charge is -1.95. The Bertz CT molecular complexity index is 556. The second kappa shape index (κ2) is 3.74. The molecule has 0 saturated carbocycles. The van der Waals surface area contributed by atoms with Crippen molar-refractivity contribution < 1.29 is 8.83 Å². The van der Waals surface area contributed by atoms with Crippen molar-refractivity contribution in [2.24, 2.45) is 0 Å². The van der Waals surface area contributed by atoms with Crippen molar-refractivity contribution in [3.63, 3.8) is 0 Å². The molecule has 1 aromatic heterocycles. The molecule has 3 rings (SSSR count). The van der Waals surface area contributed by atoms with E-state index in [0.29, 0.717) is 0 Å². The van der Waals surface area contributed by atoms with Crippen LogP contribution >= 0.6 is 0 Å². The van der Waals surface area contributed by atoms with E-state index < -0.39 is 0 Å². The van der Waals surface area contributed by atoms with Gasteiger partial charge in [0.25, 0.3) is 0 Å². The standard InChI is InChI=1S/C14H10O2/c1-2-6-12-10-16-14-8-4-3-7-13(14)15-9-11(12)5-1/h1-10H. The first kappa shape index (κ1) is 9.04. The van der Waals surface area contributed by atoms with E-state index in [9.17, 15) is 0 Å². The summed E-state index contributed by atoms with van der Waals surface area (Å²) in [6.45, 7) is 0. The van der Waals surface area contributed by atoms with E-state index in [1.165, 1.54) is 0 Å². The van der Waals surface area contributed by atoms with Gasteiger partial charge in [-0.25, -0.2) is 0 Å². The maximum absolute atomic E-state index is 5.58. The Hall–Kier alpha value is -2.22. The zero-order valence-corrected chi connectivity index (χ0v) is 8.59. The molecule has 16 heavy (non-hydrogen) atoms. The summed E-state index contributed by atoms with van der Waals surface area (Å²) in [6, 6.07) is 15.5. The van der Waals surface area contributed by atoms with Crippen molar-refractivity contribution in [1.82, 2.24) is 0 Å². The zero-order valence-electron chi connectivity index (χ0n) is 8.59. The number of rotatable bonds is 0. The molecule has 0 bridgehead atoms. The molecule has 0 N–H and O–H groups in total. The topological polar surface area (TPSA) is 26.3 Å². The number of hydrogen-bond donors (Lipinski definition) is 0. The lowest BCUT2D eigenvalue weighted by Crippen LogP contribution is -1.70. The number of benzene rings is 2. The van der Waals surface area contributed by atoms with Crippen LogP contribution in [0.4, 0.5) is 0 Å². The molecule has 0 radical (unpaired) electrons. The van der Waals surface area contributed by atoms with Gasteiger partial charge in [-0.2, -0.15) is 0 Å². The monoisotopic (exact) mass is 210 g/mol. The van der Waals surface area contributed by atoms with E-state index in [4.69, 9.17) is 8.83 Å². The fourth-order valence-electron chi connectivity index (χ4n) is 1.62. The highest BCUT2D eigenvalue weighted by atomic mass is 16.4. The highest BCUT2D eigenvalue weighted by Gasteiger charge is 1.93. The molecule has 0 aliphatic heterocycles. The highest BCUT2D eigenvalue weighted by Crippen LogP contribution is 2.16. The van der Waals surface area contributed by atoms with Crippen molar-refractivity contribution in [2.75, 3.05) is 0 Å². The molecule has 0 aliphatic rings. The second-order valence-corrected chi connectivity index (χ2v) is 3.55. The Kier molecular flexibility index (Phi) is 2.11. The SMILES string of the molecule is c1ccc2coc3ccccc3occ2c1. The van der Waals surface area contributed by atoms with Crippen LogP contribution < -0.4 is 0 Å². The Labute approximate surface area is 92.4 Å². The van der Waals surface area contributed by atoms with Gasteiger partial charge in [0.15, 0.2) is 11.2 Å². The first-order valence-corrected chi connectivity index (χ1v) is 5.11. The van der Waals surface area contributed by atoms with Crippen molar-refractivity contribution >= 4 is 21.9 Å². The molecule has 0 fully saturated rings. The van der Waals surface area contributed by atoms with Crippen LogP contribution in [0, 0.1) is 0 Å². The normalized spacial score (nSPS) is 10.5. The van der Waals surface area contributed by atoms with Crippen LogP contribution in [0.5, 0.6) is 0 Å². The summed E-state index contributed by atoms with van der Waals surface area (Å²) in [7, 11) is 0. The van der Waals surface area contributed by atoms with Crippen LogP contribution in [0.1, 0.15) is 0 Å². The van der Waals surface area contributed by atoms with E-state index in [0.717, 1.165) is 21.9 Å². The van der Waals surface area contributed by atoms with Gasteiger partial charge >= 0.3 is 0 Å². The van der Waals surface area contributed by atoms with Gasteiger partial charge < -0.3 is 8.83 Å². The van der Waals surface area contributed by atoms with Crippen molar-refractivity contribution in [3.8, 4) is 0 Å². The Morgan fingerprint density at radius 1 is 0.562 bits per heavy atom. The van der Waals surface area contributed by atoms with Gasteiger partial charge in [0.1, 0.15) is 0 Å². The van der Waals surface area contributed by atoms with Crippen LogP contribution in [0.15, 0.2) is 69.9 Å².